The van der Waals surface area contributed by atoms with Crippen molar-refractivity contribution in [2.75, 3.05) is 0 Å². The third kappa shape index (κ3) is 2.99. The maximum absolute atomic E-state index is 4.38. The lowest BCUT2D eigenvalue weighted by molar-refractivity contribution is 0.831. The fourth-order valence-electron chi connectivity index (χ4n) is 1.43. The minimum absolute atomic E-state index is 0.617. The molecule has 0 spiro atoms. The number of hydrogen-bond donors (Lipinski definition) is 0. The van der Waals surface area contributed by atoms with Gasteiger partial charge in [0.05, 0.1) is 10.2 Å². The Bertz CT molecular complexity index is 668. The number of aromatic nitrogens is 5. The Morgan fingerprint density at radius 2 is 1.68 bits per heavy atom. The molecule has 0 aliphatic carbocycles. The Morgan fingerprint density at radius 1 is 0.947 bits per heavy atom. The molecule has 0 N–H and O–H groups in total. The highest BCUT2D eigenvalue weighted by molar-refractivity contribution is 9.10. The summed E-state index contributed by atoms with van der Waals surface area (Å²) in [6.45, 7) is 0. The lowest BCUT2D eigenvalue weighted by Gasteiger charge is -1.98. The van der Waals surface area contributed by atoms with Crippen LogP contribution in [0.5, 0.6) is 0 Å². The van der Waals surface area contributed by atoms with Crippen LogP contribution in [0.4, 0.5) is 0 Å². The normalized spacial score (nSPS) is 10.6. The summed E-state index contributed by atoms with van der Waals surface area (Å²) in [6.07, 6.45) is 5.07. The second-order valence-corrected chi connectivity index (χ2v) is 5.44. The molecule has 3 aromatic rings. The summed E-state index contributed by atoms with van der Waals surface area (Å²) in [6, 6.07) is 9.83. The molecule has 5 nitrogen and oxygen atoms in total. The second-order valence-electron chi connectivity index (χ2n) is 3.59. The van der Waals surface area contributed by atoms with E-state index >= 15 is 0 Å². The first-order valence-electron chi connectivity index (χ1n) is 5.44. The van der Waals surface area contributed by atoms with Crippen molar-refractivity contribution in [2.24, 2.45) is 0 Å². The molecule has 0 radical (unpaired) electrons. The van der Waals surface area contributed by atoms with Gasteiger partial charge in [0.2, 0.25) is 5.16 Å². The van der Waals surface area contributed by atoms with Crippen molar-refractivity contribution in [2.45, 2.75) is 10.3 Å². The third-order valence-electron chi connectivity index (χ3n) is 2.27. The summed E-state index contributed by atoms with van der Waals surface area (Å²) in [5.41, 5.74) is 0.971. The van der Waals surface area contributed by atoms with Gasteiger partial charge in [-0.15, -0.1) is 5.10 Å². The van der Waals surface area contributed by atoms with Gasteiger partial charge < -0.3 is 0 Å². The molecule has 2 heterocycles. The molecule has 0 saturated heterocycles. The van der Waals surface area contributed by atoms with Crippen LogP contribution in [0.25, 0.3) is 5.69 Å². The molecule has 0 aliphatic heterocycles. The minimum Gasteiger partial charge on any atom is -0.230 e. The van der Waals surface area contributed by atoms with E-state index in [9.17, 15) is 0 Å². The lowest BCUT2D eigenvalue weighted by Crippen LogP contribution is -1.94. The zero-order chi connectivity index (χ0) is 13.1. The molecule has 19 heavy (non-hydrogen) atoms. The number of rotatable bonds is 3. The first-order valence-corrected chi connectivity index (χ1v) is 7.05. The van der Waals surface area contributed by atoms with Crippen molar-refractivity contribution in [3.8, 4) is 5.69 Å². The van der Waals surface area contributed by atoms with Crippen LogP contribution in [0.15, 0.2) is 63.8 Å². The van der Waals surface area contributed by atoms with Crippen molar-refractivity contribution < 1.29 is 0 Å². The van der Waals surface area contributed by atoms with Gasteiger partial charge in [-0.05, 0) is 39.8 Å². The molecular formula is C12H8BrN5S. The Morgan fingerprint density at radius 3 is 2.42 bits per heavy atom. The van der Waals surface area contributed by atoms with Crippen LogP contribution in [0.3, 0.4) is 0 Å². The van der Waals surface area contributed by atoms with Gasteiger partial charge in [-0.1, -0.05) is 18.2 Å². The molecule has 0 atom stereocenters. The van der Waals surface area contributed by atoms with Crippen LogP contribution in [-0.4, -0.2) is 24.7 Å². The predicted molar refractivity (Wildman–Crippen MR) is 75.2 cm³/mol. The smallest absolute Gasteiger partial charge is 0.216 e. The fraction of sp³-hybridized carbons (Fsp3) is 0. The van der Waals surface area contributed by atoms with Crippen LogP contribution < -0.4 is 0 Å². The molecule has 0 unspecified atom stereocenters. The molecular weight excluding hydrogens is 326 g/mol. The molecule has 2 aromatic heterocycles. The van der Waals surface area contributed by atoms with Gasteiger partial charge in [-0.3, -0.25) is 0 Å². The van der Waals surface area contributed by atoms with E-state index in [0.717, 1.165) is 10.2 Å². The highest BCUT2D eigenvalue weighted by Crippen LogP contribution is 2.21. The van der Waals surface area contributed by atoms with Crippen LogP contribution in [-0.2, 0) is 0 Å². The first kappa shape index (κ1) is 12.3. The summed E-state index contributed by atoms with van der Waals surface area (Å²) >= 11 is 4.62. The zero-order valence-electron chi connectivity index (χ0n) is 9.64. The topological polar surface area (TPSA) is 56.5 Å². The van der Waals surface area contributed by atoms with Crippen LogP contribution in [0.1, 0.15) is 0 Å². The van der Waals surface area contributed by atoms with E-state index in [0.29, 0.717) is 10.3 Å². The third-order valence-corrected chi connectivity index (χ3v) is 3.44. The fourth-order valence-corrected chi connectivity index (χ4v) is 2.24. The molecule has 0 aliphatic rings. The van der Waals surface area contributed by atoms with Gasteiger partial charge >= 0.3 is 0 Å². The number of benzene rings is 1. The largest absolute Gasteiger partial charge is 0.230 e. The van der Waals surface area contributed by atoms with Crippen molar-refractivity contribution in [1.29, 1.82) is 0 Å². The van der Waals surface area contributed by atoms with Gasteiger partial charge in [0.1, 0.15) is 6.33 Å². The van der Waals surface area contributed by atoms with E-state index in [2.05, 4.69) is 36.0 Å². The molecule has 1 aromatic carbocycles. The quantitative estimate of drug-likeness (QED) is 0.689. The van der Waals surface area contributed by atoms with E-state index in [1.165, 1.54) is 11.8 Å². The van der Waals surface area contributed by atoms with E-state index in [1.54, 1.807) is 23.4 Å². The average Bonchev–Trinajstić information content (AvgIpc) is 2.91. The van der Waals surface area contributed by atoms with Crippen molar-refractivity contribution in [3.63, 3.8) is 0 Å². The maximum Gasteiger partial charge on any atom is 0.216 e. The Labute approximate surface area is 122 Å². The first-order chi connectivity index (χ1) is 9.31. The maximum atomic E-state index is 4.38. The molecule has 0 saturated carbocycles. The number of hydrogen-bond acceptors (Lipinski definition) is 5. The average molecular weight is 334 g/mol. The van der Waals surface area contributed by atoms with Crippen LogP contribution in [0, 0.1) is 0 Å². The van der Waals surface area contributed by atoms with E-state index in [4.69, 9.17) is 0 Å². The van der Waals surface area contributed by atoms with Gasteiger partial charge in [-0.2, -0.15) is 0 Å². The standard InChI is InChI=1S/C12H8BrN5S/c13-9-6-14-11(15-7-9)19-12-16-8-18(17-12)10-4-2-1-3-5-10/h1-8H. The number of nitrogens with zero attached hydrogens (tertiary/aromatic N) is 5. The summed E-state index contributed by atoms with van der Waals surface area (Å²) in [5.74, 6) is 0. The Balaban J connectivity index is 1.80. The van der Waals surface area contributed by atoms with Gasteiger partial charge in [0, 0.05) is 12.4 Å². The van der Waals surface area contributed by atoms with Crippen molar-refractivity contribution in [3.05, 3.63) is 53.5 Å². The number of para-hydroxylation sites is 1. The van der Waals surface area contributed by atoms with E-state index in [1.807, 2.05) is 30.3 Å². The molecule has 0 amide bonds. The van der Waals surface area contributed by atoms with Crippen molar-refractivity contribution in [1.82, 2.24) is 24.7 Å². The number of halogens is 1. The van der Waals surface area contributed by atoms with Crippen molar-refractivity contribution >= 4 is 27.7 Å². The molecule has 0 bridgehead atoms. The molecule has 94 valence electrons. The minimum atomic E-state index is 0.617. The zero-order valence-corrected chi connectivity index (χ0v) is 12.0. The molecule has 3 rings (SSSR count). The van der Waals surface area contributed by atoms with Gasteiger partial charge in [0.15, 0.2) is 5.16 Å². The SMILES string of the molecule is Brc1cnc(Sc2ncn(-c3ccccc3)n2)nc1. The van der Waals surface area contributed by atoms with E-state index < -0.39 is 0 Å². The predicted octanol–water partition coefficient (Wildman–Crippen LogP) is 2.97. The summed E-state index contributed by atoms with van der Waals surface area (Å²) in [4.78, 5) is 12.6. The van der Waals surface area contributed by atoms with Crippen LogP contribution in [0.2, 0.25) is 0 Å². The highest BCUT2D eigenvalue weighted by atomic mass is 79.9. The summed E-state index contributed by atoms with van der Waals surface area (Å²) in [5, 5.41) is 5.61. The summed E-state index contributed by atoms with van der Waals surface area (Å²) < 4.78 is 2.57. The van der Waals surface area contributed by atoms with Gasteiger partial charge in [-0.25, -0.2) is 19.6 Å². The lowest BCUT2D eigenvalue weighted by atomic mass is 10.3. The highest BCUT2D eigenvalue weighted by Gasteiger charge is 2.06. The van der Waals surface area contributed by atoms with Gasteiger partial charge in [0.25, 0.3) is 0 Å². The second kappa shape index (κ2) is 5.50. The Kier molecular flexibility index (Phi) is 3.56. The Hall–Kier alpha value is -1.73. The van der Waals surface area contributed by atoms with E-state index in [-0.39, 0.29) is 0 Å². The molecule has 0 fully saturated rings. The molecule has 7 heteroatoms. The van der Waals surface area contributed by atoms with Crippen LogP contribution >= 0.6 is 27.7 Å². The monoisotopic (exact) mass is 333 g/mol. The summed E-state index contributed by atoms with van der Waals surface area (Å²) in [7, 11) is 0.